The number of carbonyl (C=O) groups excluding carboxylic acids is 2. The molecule has 222 valence electrons. The van der Waals surface area contributed by atoms with E-state index in [9.17, 15) is 9.59 Å². The highest BCUT2D eigenvalue weighted by Gasteiger charge is 2.15. The summed E-state index contributed by atoms with van der Waals surface area (Å²) in [6, 6.07) is 7.37. The van der Waals surface area contributed by atoms with Gasteiger partial charge in [-0.1, -0.05) is 29.4 Å². The SMILES string of the molecule is Cc1nnc(-c2ccc(CNC(=O)CN(CCOCCN=N)CC(=O)NCCOCCOCCN=[N+]=[N-])cc2)nn1. The largest absolute Gasteiger partial charge is 0.379 e. The van der Waals surface area contributed by atoms with Gasteiger partial charge in [0.15, 0.2) is 5.82 Å². The van der Waals surface area contributed by atoms with Gasteiger partial charge in [0.25, 0.3) is 0 Å². The van der Waals surface area contributed by atoms with Crippen molar-refractivity contribution in [3.8, 4) is 11.4 Å². The van der Waals surface area contributed by atoms with E-state index in [-0.39, 0.29) is 51.2 Å². The Hall–Kier alpha value is -4.15. The number of carbonyl (C=O) groups is 2. The number of nitrogens with one attached hydrogen (secondary N) is 3. The van der Waals surface area contributed by atoms with Crippen LogP contribution in [0.15, 0.2) is 34.5 Å². The zero-order valence-corrected chi connectivity index (χ0v) is 23.1. The standard InChI is InChI=1S/C24H36N12O5/c1-19-31-33-24(34-32-19)21-4-2-20(3-5-21)16-28-23(38)18-36(9-13-39-11-7-29-25)17-22(37)27-6-10-40-14-15-41-12-8-30-35-26/h2-5,25H,6-18H2,1H3,(H,27,37)(H,28,38). The van der Waals surface area contributed by atoms with Crippen molar-refractivity contribution < 1.29 is 23.8 Å². The van der Waals surface area contributed by atoms with Gasteiger partial charge in [0.1, 0.15) is 0 Å². The lowest BCUT2D eigenvalue weighted by Crippen LogP contribution is -2.44. The smallest absolute Gasteiger partial charge is 0.234 e. The van der Waals surface area contributed by atoms with E-state index >= 15 is 0 Å². The molecule has 0 aliphatic carbocycles. The van der Waals surface area contributed by atoms with Crippen molar-refractivity contribution in [3.05, 3.63) is 46.1 Å². The minimum absolute atomic E-state index is 0.00405. The van der Waals surface area contributed by atoms with Crippen molar-refractivity contribution in [1.82, 2.24) is 35.9 Å². The van der Waals surface area contributed by atoms with Gasteiger partial charge in [-0.05, 0) is 18.0 Å². The number of hydrogen-bond donors (Lipinski definition) is 3. The molecule has 2 rings (SSSR count). The third kappa shape index (κ3) is 15.3. The van der Waals surface area contributed by atoms with Crippen LogP contribution in [0.25, 0.3) is 21.8 Å². The summed E-state index contributed by atoms with van der Waals surface area (Å²) in [5, 5.41) is 28.1. The predicted octanol–water partition coefficient (Wildman–Crippen LogP) is 0.667. The second-order valence-electron chi connectivity index (χ2n) is 8.48. The van der Waals surface area contributed by atoms with E-state index in [1.807, 2.05) is 24.3 Å². The lowest BCUT2D eigenvalue weighted by atomic mass is 10.1. The molecule has 1 aromatic carbocycles. The molecule has 17 heteroatoms. The molecular weight excluding hydrogens is 536 g/mol. The molecule has 0 bridgehead atoms. The van der Waals surface area contributed by atoms with E-state index in [2.05, 4.69) is 46.2 Å². The van der Waals surface area contributed by atoms with Gasteiger partial charge in [-0.3, -0.25) is 14.5 Å². The van der Waals surface area contributed by atoms with E-state index < -0.39 is 0 Å². The molecule has 17 nitrogen and oxygen atoms in total. The van der Waals surface area contributed by atoms with Crippen LogP contribution in [0.1, 0.15) is 11.4 Å². The first-order valence-electron chi connectivity index (χ1n) is 13.0. The highest BCUT2D eigenvalue weighted by molar-refractivity contribution is 5.81. The Bertz CT molecular complexity index is 1100. The molecule has 0 radical (unpaired) electrons. The molecule has 0 unspecified atom stereocenters. The van der Waals surface area contributed by atoms with Gasteiger partial charge in [-0.25, -0.2) is 5.53 Å². The molecule has 0 saturated carbocycles. The molecule has 2 aromatic rings. The molecule has 1 heterocycles. The second-order valence-corrected chi connectivity index (χ2v) is 8.48. The van der Waals surface area contributed by atoms with E-state index in [1.54, 1.807) is 11.8 Å². The van der Waals surface area contributed by atoms with Crippen LogP contribution in [-0.2, 0) is 30.3 Å². The van der Waals surface area contributed by atoms with E-state index in [1.165, 1.54) is 0 Å². The summed E-state index contributed by atoms with van der Waals surface area (Å²) in [5.41, 5.74) is 16.7. The first kappa shape index (κ1) is 33.1. The maximum atomic E-state index is 12.7. The minimum Gasteiger partial charge on any atom is -0.379 e. The van der Waals surface area contributed by atoms with Crippen LogP contribution in [0.3, 0.4) is 0 Å². The highest BCUT2D eigenvalue weighted by atomic mass is 16.5. The Morgan fingerprint density at radius 3 is 2.22 bits per heavy atom. The fraction of sp³-hybridized carbons (Fsp3) is 0.583. The van der Waals surface area contributed by atoms with Crippen molar-refractivity contribution >= 4 is 11.8 Å². The minimum atomic E-state index is -0.258. The molecule has 41 heavy (non-hydrogen) atoms. The number of azide groups is 1. The van der Waals surface area contributed by atoms with Crippen molar-refractivity contribution in [2.75, 3.05) is 78.9 Å². The quantitative estimate of drug-likeness (QED) is 0.0773. The number of nitrogens with zero attached hydrogens (tertiary/aromatic N) is 9. The summed E-state index contributed by atoms with van der Waals surface area (Å²) in [4.78, 5) is 29.4. The van der Waals surface area contributed by atoms with E-state index in [0.717, 1.165) is 11.1 Å². The summed E-state index contributed by atoms with van der Waals surface area (Å²) in [6.45, 7) is 5.05. The zero-order chi connectivity index (χ0) is 29.5. The summed E-state index contributed by atoms with van der Waals surface area (Å²) >= 11 is 0. The Labute approximate surface area is 237 Å². The molecule has 0 aliphatic rings. The van der Waals surface area contributed by atoms with Gasteiger partial charge in [-0.2, -0.15) is 5.11 Å². The first-order valence-corrected chi connectivity index (χ1v) is 13.0. The molecule has 0 atom stereocenters. The molecular formula is C24H36N12O5. The van der Waals surface area contributed by atoms with Crippen molar-refractivity contribution in [3.63, 3.8) is 0 Å². The summed E-state index contributed by atoms with van der Waals surface area (Å²) in [6.07, 6.45) is 0. The number of aryl methyl sites for hydroxylation is 1. The predicted molar refractivity (Wildman–Crippen MR) is 146 cm³/mol. The molecule has 0 aliphatic heterocycles. The average Bonchev–Trinajstić information content (AvgIpc) is 2.97. The van der Waals surface area contributed by atoms with Gasteiger partial charge >= 0.3 is 0 Å². The molecule has 0 fully saturated rings. The lowest BCUT2D eigenvalue weighted by Gasteiger charge is -2.21. The maximum Gasteiger partial charge on any atom is 0.234 e. The number of benzene rings is 1. The maximum absolute atomic E-state index is 12.7. The fourth-order valence-corrected chi connectivity index (χ4v) is 3.24. The van der Waals surface area contributed by atoms with Crippen molar-refractivity contribution in [1.29, 1.82) is 5.53 Å². The van der Waals surface area contributed by atoms with Gasteiger partial charge < -0.3 is 24.8 Å². The van der Waals surface area contributed by atoms with Crippen LogP contribution in [-0.4, -0.2) is 116 Å². The molecule has 3 N–H and O–H groups in total. The number of rotatable bonds is 22. The van der Waals surface area contributed by atoms with Crippen molar-refractivity contribution in [2.24, 2.45) is 10.2 Å². The second kappa shape index (κ2) is 20.7. The Balaban J connectivity index is 1.73. The van der Waals surface area contributed by atoms with E-state index in [0.29, 0.717) is 57.7 Å². The highest BCUT2D eigenvalue weighted by Crippen LogP contribution is 2.13. The van der Waals surface area contributed by atoms with Crippen LogP contribution in [0.4, 0.5) is 0 Å². The fourth-order valence-electron chi connectivity index (χ4n) is 3.24. The molecule has 2 amide bonds. The van der Waals surface area contributed by atoms with Crippen LogP contribution in [0.5, 0.6) is 0 Å². The van der Waals surface area contributed by atoms with E-state index in [4.69, 9.17) is 25.3 Å². The normalized spacial score (nSPS) is 10.7. The zero-order valence-electron chi connectivity index (χ0n) is 23.1. The third-order valence-corrected chi connectivity index (χ3v) is 5.25. The first-order chi connectivity index (χ1) is 20.0. The van der Waals surface area contributed by atoms with Crippen LogP contribution < -0.4 is 10.6 Å². The van der Waals surface area contributed by atoms with Crippen LogP contribution in [0, 0.1) is 12.5 Å². The van der Waals surface area contributed by atoms with Gasteiger partial charge in [0, 0.05) is 36.7 Å². The van der Waals surface area contributed by atoms with Crippen LogP contribution in [0.2, 0.25) is 0 Å². The summed E-state index contributed by atoms with van der Waals surface area (Å²) in [7, 11) is 0. The Morgan fingerprint density at radius 2 is 1.54 bits per heavy atom. The molecule has 0 spiro atoms. The molecule has 0 saturated heterocycles. The third-order valence-electron chi connectivity index (χ3n) is 5.25. The van der Waals surface area contributed by atoms with Crippen LogP contribution >= 0.6 is 0 Å². The lowest BCUT2D eigenvalue weighted by molar-refractivity contribution is -0.125. The number of ether oxygens (including phenoxy) is 3. The topological polar surface area (TPSA) is 226 Å². The average molecular weight is 573 g/mol. The monoisotopic (exact) mass is 572 g/mol. The Morgan fingerprint density at radius 1 is 0.902 bits per heavy atom. The summed E-state index contributed by atoms with van der Waals surface area (Å²) < 4.78 is 16.1. The molecule has 1 aromatic heterocycles. The van der Waals surface area contributed by atoms with Crippen molar-refractivity contribution in [2.45, 2.75) is 13.5 Å². The van der Waals surface area contributed by atoms with Gasteiger partial charge in [0.2, 0.25) is 17.6 Å². The van der Waals surface area contributed by atoms with Gasteiger partial charge in [-0.15, -0.1) is 20.4 Å². The Kier molecular flexibility index (Phi) is 16.7. The summed E-state index contributed by atoms with van der Waals surface area (Å²) in [5.74, 6) is 0.397. The van der Waals surface area contributed by atoms with Gasteiger partial charge in [0.05, 0.1) is 59.3 Å². The number of hydrogen-bond acceptors (Lipinski definition) is 13. The number of aromatic nitrogens is 4. The number of amides is 2.